The minimum Gasteiger partial charge on any atom is -0.396 e. The van der Waals surface area contributed by atoms with E-state index >= 15 is 0 Å². The smallest absolute Gasteiger partial charge is 0.249 e. The second-order valence-electron chi connectivity index (χ2n) is 13.7. The Morgan fingerprint density at radius 1 is 0.921 bits per heavy atom. The molecule has 0 aromatic heterocycles. The highest BCUT2D eigenvalue weighted by molar-refractivity contribution is 6.00. The van der Waals surface area contributed by atoms with Gasteiger partial charge < -0.3 is 24.5 Å². The number of unbranched alkanes of at least 4 members (excludes halogenated alkanes) is 3. The van der Waals surface area contributed by atoms with E-state index in [1.165, 1.54) is 0 Å². The lowest BCUT2D eigenvalue weighted by Gasteiger charge is -2.44. The standard InChI is InChI=1S/C30H47N3O5/c1-27(2,3)20-28(4,5)33-18-13-15-30-22(21-24(35)31(7)16-12-14-29(21,6)38-30)25(36)32(23(30)26(33)37)17-10-8-9-11-19-34/h12-15,21-23,34H,8-11,16-20H2,1-7H3/t21-,22-,23?,29+,30-/m0/s1. The molecule has 1 unspecified atom stereocenters. The predicted molar refractivity (Wildman–Crippen MR) is 146 cm³/mol. The third kappa shape index (κ3) is 4.83. The van der Waals surface area contributed by atoms with Crippen LogP contribution in [0.5, 0.6) is 0 Å². The third-order valence-electron chi connectivity index (χ3n) is 8.76. The molecule has 1 N–H and O–H groups in total. The summed E-state index contributed by atoms with van der Waals surface area (Å²) in [6, 6.07) is -0.828. The fraction of sp³-hybridized carbons (Fsp3) is 0.767. The summed E-state index contributed by atoms with van der Waals surface area (Å²) in [7, 11) is 1.75. The lowest BCUT2D eigenvalue weighted by Crippen LogP contribution is -2.60. The molecule has 0 aromatic rings. The molecular formula is C30H47N3O5. The molecule has 0 radical (unpaired) electrons. The lowest BCUT2D eigenvalue weighted by molar-refractivity contribution is -0.156. The number of amides is 3. The Morgan fingerprint density at radius 3 is 2.24 bits per heavy atom. The van der Waals surface area contributed by atoms with Crippen molar-refractivity contribution < 1.29 is 24.2 Å². The normalized spacial score (nSPS) is 33.4. The van der Waals surface area contributed by atoms with Crippen LogP contribution in [0.15, 0.2) is 24.3 Å². The molecular weight excluding hydrogens is 482 g/mol. The number of ether oxygens (including phenoxy) is 1. The van der Waals surface area contributed by atoms with Gasteiger partial charge >= 0.3 is 0 Å². The highest BCUT2D eigenvalue weighted by Gasteiger charge is 2.74. The Morgan fingerprint density at radius 2 is 1.58 bits per heavy atom. The van der Waals surface area contributed by atoms with Crippen LogP contribution in [-0.4, -0.2) is 93.6 Å². The Bertz CT molecular complexity index is 1010. The molecule has 212 valence electrons. The molecule has 0 bridgehead atoms. The Labute approximate surface area is 228 Å². The number of carbonyl (C=O) groups is 3. The van der Waals surface area contributed by atoms with Crippen LogP contribution < -0.4 is 0 Å². The van der Waals surface area contributed by atoms with E-state index in [0.29, 0.717) is 19.6 Å². The summed E-state index contributed by atoms with van der Waals surface area (Å²) in [4.78, 5) is 47.8. The van der Waals surface area contributed by atoms with Crippen molar-refractivity contribution in [1.29, 1.82) is 0 Å². The van der Waals surface area contributed by atoms with E-state index in [0.717, 1.165) is 32.1 Å². The number of likely N-dealkylation sites (N-methyl/N-ethyl adjacent to an activating group) is 1. The van der Waals surface area contributed by atoms with Gasteiger partial charge in [-0.3, -0.25) is 14.4 Å². The van der Waals surface area contributed by atoms with Gasteiger partial charge in [-0.2, -0.15) is 0 Å². The zero-order valence-electron chi connectivity index (χ0n) is 24.3. The quantitative estimate of drug-likeness (QED) is 0.385. The first-order valence-corrected chi connectivity index (χ1v) is 14.2. The van der Waals surface area contributed by atoms with Gasteiger partial charge in [0.05, 0.1) is 17.4 Å². The summed E-state index contributed by atoms with van der Waals surface area (Å²) in [6.45, 7) is 14.0. The number of aliphatic hydroxyl groups is 1. The molecule has 0 aliphatic carbocycles. The Kier molecular flexibility index (Phi) is 7.65. The fourth-order valence-corrected chi connectivity index (χ4v) is 7.57. The third-order valence-corrected chi connectivity index (χ3v) is 8.76. The van der Waals surface area contributed by atoms with Crippen LogP contribution in [0.3, 0.4) is 0 Å². The number of rotatable bonds is 8. The molecule has 4 aliphatic heterocycles. The number of hydrogen-bond acceptors (Lipinski definition) is 5. The molecule has 0 saturated carbocycles. The highest BCUT2D eigenvalue weighted by Crippen LogP contribution is 2.57. The number of hydrogen-bond donors (Lipinski definition) is 1. The summed E-state index contributed by atoms with van der Waals surface area (Å²) in [5.74, 6) is -1.87. The van der Waals surface area contributed by atoms with Crippen molar-refractivity contribution in [3.05, 3.63) is 24.3 Å². The number of likely N-dealkylation sites (tertiary alicyclic amines) is 1. The maximum Gasteiger partial charge on any atom is 0.249 e. The van der Waals surface area contributed by atoms with Crippen molar-refractivity contribution in [2.45, 2.75) is 96.4 Å². The Hall–Kier alpha value is -2.19. The van der Waals surface area contributed by atoms with E-state index in [9.17, 15) is 14.4 Å². The van der Waals surface area contributed by atoms with Gasteiger partial charge in [-0.25, -0.2) is 0 Å². The SMILES string of the molecule is CN1CC=C[C@@]2(C)O[C@]34C=CCN(C(C)(C)CC(C)(C)C)C(=O)C3N(CCCCCCO)C(=O)[C@@H]4[C@H]2C1=O. The molecule has 4 heterocycles. The number of nitrogens with zero attached hydrogens (tertiary/aromatic N) is 3. The Balaban J connectivity index is 1.77. The van der Waals surface area contributed by atoms with Crippen LogP contribution in [0.25, 0.3) is 0 Å². The van der Waals surface area contributed by atoms with E-state index in [-0.39, 0.29) is 29.7 Å². The van der Waals surface area contributed by atoms with Crippen LogP contribution in [0.2, 0.25) is 0 Å². The first kappa shape index (κ1) is 28.8. The fourth-order valence-electron chi connectivity index (χ4n) is 7.57. The van der Waals surface area contributed by atoms with Crippen molar-refractivity contribution in [3.63, 3.8) is 0 Å². The zero-order valence-corrected chi connectivity index (χ0v) is 24.3. The van der Waals surface area contributed by atoms with Gasteiger partial charge in [-0.1, -0.05) is 57.9 Å². The second-order valence-corrected chi connectivity index (χ2v) is 13.7. The van der Waals surface area contributed by atoms with Gasteiger partial charge in [0.25, 0.3) is 0 Å². The van der Waals surface area contributed by atoms with Crippen LogP contribution in [-0.2, 0) is 19.1 Å². The summed E-state index contributed by atoms with van der Waals surface area (Å²) in [5, 5.41) is 9.16. The van der Waals surface area contributed by atoms with Crippen molar-refractivity contribution in [1.82, 2.24) is 14.7 Å². The van der Waals surface area contributed by atoms with Gasteiger partial charge in [0.15, 0.2) is 0 Å². The van der Waals surface area contributed by atoms with Gasteiger partial charge in [-0.05, 0) is 45.4 Å². The molecule has 38 heavy (non-hydrogen) atoms. The highest BCUT2D eigenvalue weighted by atomic mass is 16.5. The lowest BCUT2D eigenvalue weighted by atomic mass is 9.74. The largest absolute Gasteiger partial charge is 0.396 e. The monoisotopic (exact) mass is 529 g/mol. The molecule has 8 heteroatoms. The molecule has 1 spiro atoms. The summed E-state index contributed by atoms with van der Waals surface area (Å²) < 4.78 is 6.86. The molecule has 2 fully saturated rings. The van der Waals surface area contributed by atoms with Gasteiger partial charge in [0, 0.05) is 38.8 Å². The molecule has 4 aliphatic rings. The van der Waals surface area contributed by atoms with Gasteiger partial charge in [0.1, 0.15) is 11.6 Å². The van der Waals surface area contributed by atoms with E-state index < -0.39 is 34.6 Å². The first-order valence-electron chi connectivity index (χ1n) is 14.2. The van der Waals surface area contributed by atoms with E-state index in [1.807, 2.05) is 36.1 Å². The maximum atomic E-state index is 14.6. The van der Waals surface area contributed by atoms with E-state index in [2.05, 4.69) is 34.6 Å². The van der Waals surface area contributed by atoms with Crippen LogP contribution in [0, 0.1) is 17.3 Å². The molecule has 2 saturated heterocycles. The summed E-state index contributed by atoms with van der Waals surface area (Å²) >= 11 is 0. The van der Waals surface area contributed by atoms with Gasteiger partial charge in [0.2, 0.25) is 17.7 Å². The molecule has 4 rings (SSSR count). The predicted octanol–water partition coefficient (Wildman–Crippen LogP) is 3.15. The van der Waals surface area contributed by atoms with Crippen LogP contribution in [0.4, 0.5) is 0 Å². The van der Waals surface area contributed by atoms with Crippen LogP contribution >= 0.6 is 0 Å². The average Bonchev–Trinajstić information content (AvgIpc) is 3.06. The van der Waals surface area contributed by atoms with E-state index in [1.54, 1.807) is 16.8 Å². The zero-order chi connectivity index (χ0) is 28.1. The average molecular weight is 530 g/mol. The topological polar surface area (TPSA) is 90.4 Å². The molecule has 3 amide bonds. The summed E-state index contributed by atoms with van der Waals surface area (Å²) in [5.41, 5.74) is -2.62. The van der Waals surface area contributed by atoms with Crippen LogP contribution in [0.1, 0.15) is 73.6 Å². The van der Waals surface area contributed by atoms with Crippen molar-refractivity contribution in [2.24, 2.45) is 17.3 Å². The molecule has 5 atom stereocenters. The minimum absolute atomic E-state index is 0.00420. The van der Waals surface area contributed by atoms with Crippen molar-refractivity contribution >= 4 is 17.7 Å². The molecule has 8 nitrogen and oxygen atoms in total. The number of fused-ring (bicyclic) bond motifs is 2. The van der Waals surface area contributed by atoms with Crippen molar-refractivity contribution in [2.75, 3.05) is 33.3 Å². The second kappa shape index (κ2) is 10.1. The molecule has 0 aromatic carbocycles. The van der Waals surface area contributed by atoms with Gasteiger partial charge in [-0.15, -0.1) is 0 Å². The van der Waals surface area contributed by atoms with Crippen molar-refractivity contribution in [3.8, 4) is 0 Å². The first-order chi connectivity index (χ1) is 17.7. The number of aliphatic hydroxyl groups excluding tert-OH is 1. The maximum absolute atomic E-state index is 14.6. The number of carbonyl (C=O) groups excluding carboxylic acids is 3. The summed E-state index contributed by atoms with van der Waals surface area (Å²) in [6.07, 6.45) is 11.7. The minimum atomic E-state index is -1.20. The van der Waals surface area contributed by atoms with E-state index in [4.69, 9.17) is 9.84 Å².